The van der Waals surface area contributed by atoms with Gasteiger partial charge in [0.15, 0.2) is 0 Å². The molecule has 5 aliphatic rings. The van der Waals surface area contributed by atoms with Crippen LogP contribution in [0.3, 0.4) is 0 Å². The summed E-state index contributed by atoms with van der Waals surface area (Å²) in [5.74, 6) is 1.29. The molecule has 200 valence electrons. The van der Waals surface area contributed by atoms with Crippen molar-refractivity contribution in [3.63, 3.8) is 0 Å². The average molecular weight is 489 g/mol. The molecule has 0 aromatic heterocycles. The minimum absolute atomic E-state index is 0.0682. The van der Waals surface area contributed by atoms with Crippen molar-refractivity contribution < 1.29 is 20.1 Å². The number of aliphatic hydroxyl groups is 3. The predicted molar refractivity (Wildman–Crippen MR) is 140 cm³/mol. The molecule has 35 heavy (non-hydrogen) atoms. The highest BCUT2D eigenvalue weighted by Gasteiger charge is 2.69. The molecule has 0 amide bonds. The lowest BCUT2D eigenvalue weighted by Gasteiger charge is -2.72. The molecular formula is C31H52O4. The minimum atomic E-state index is -0.449. The van der Waals surface area contributed by atoms with Crippen LogP contribution in [0.4, 0.5) is 0 Å². The molecule has 0 saturated heterocycles. The topological polar surface area (TPSA) is 69.9 Å². The first kappa shape index (κ1) is 26.2. The molecule has 4 fully saturated rings. The second kappa shape index (κ2) is 7.80. The third-order valence-electron chi connectivity index (χ3n) is 13.7. The summed E-state index contributed by atoms with van der Waals surface area (Å²) in [7, 11) is 1.76. The Hall–Kier alpha value is -0.420. The molecule has 0 spiro atoms. The number of allylic oxidation sites excluding steroid dienone is 2. The van der Waals surface area contributed by atoms with Gasteiger partial charge in [-0.1, -0.05) is 60.1 Å². The summed E-state index contributed by atoms with van der Waals surface area (Å²) in [5, 5.41) is 33.0. The highest BCUT2D eigenvalue weighted by molar-refractivity contribution is 5.34. The van der Waals surface area contributed by atoms with E-state index in [0.29, 0.717) is 17.8 Å². The molecule has 0 heterocycles. The van der Waals surface area contributed by atoms with Crippen molar-refractivity contribution in [1.29, 1.82) is 0 Å². The summed E-state index contributed by atoms with van der Waals surface area (Å²) in [6.07, 6.45) is 10.0. The van der Waals surface area contributed by atoms with Crippen molar-refractivity contribution in [3.8, 4) is 0 Å². The highest BCUT2D eigenvalue weighted by atomic mass is 16.5. The summed E-state index contributed by atoms with van der Waals surface area (Å²) in [4.78, 5) is 0. The van der Waals surface area contributed by atoms with E-state index in [2.05, 4.69) is 54.5 Å². The fraction of sp³-hybridized carbons (Fsp3) is 0.935. The van der Waals surface area contributed by atoms with Crippen molar-refractivity contribution in [1.82, 2.24) is 0 Å². The van der Waals surface area contributed by atoms with Crippen LogP contribution in [-0.4, -0.2) is 47.3 Å². The molecule has 4 nitrogen and oxygen atoms in total. The number of aliphatic hydroxyl groups excluding tert-OH is 3. The van der Waals surface area contributed by atoms with Crippen molar-refractivity contribution in [3.05, 3.63) is 11.6 Å². The lowest BCUT2D eigenvalue weighted by Crippen LogP contribution is -2.67. The molecule has 5 aliphatic carbocycles. The van der Waals surface area contributed by atoms with Gasteiger partial charge >= 0.3 is 0 Å². The van der Waals surface area contributed by atoms with E-state index in [-0.39, 0.29) is 39.8 Å². The fourth-order valence-corrected chi connectivity index (χ4v) is 11.1. The number of methoxy groups -OCH3 is 1. The monoisotopic (exact) mass is 488 g/mol. The van der Waals surface area contributed by atoms with Crippen molar-refractivity contribution in [2.75, 3.05) is 13.7 Å². The fourth-order valence-electron chi connectivity index (χ4n) is 11.1. The lowest BCUT2D eigenvalue weighted by atomic mass is 9.33. The van der Waals surface area contributed by atoms with E-state index in [1.807, 2.05) is 0 Å². The molecule has 0 aromatic carbocycles. The van der Waals surface area contributed by atoms with Gasteiger partial charge in [-0.25, -0.2) is 0 Å². The number of ether oxygens (including phenoxy) is 1. The van der Waals surface area contributed by atoms with Crippen molar-refractivity contribution in [2.45, 2.75) is 118 Å². The first-order chi connectivity index (χ1) is 16.2. The van der Waals surface area contributed by atoms with Crippen LogP contribution in [-0.2, 0) is 4.74 Å². The zero-order valence-electron chi connectivity index (χ0n) is 23.7. The van der Waals surface area contributed by atoms with Gasteiger partial charge in [0.1, 0.15) is 0 Å². The molecule has 0 radical (unpaired) electrons. The molecule has 3 N–H and O–H groups in total. The second-order valence-electron chi connectivity index (χ2n) is 15.4. The second-order valence-corrected chi connectivity index (χ2v) is 15.4. The molecule has 0 aliphatic heterocycles. The van der Waals surface area contributed by atoms with Gasteiger partial charge < -0.3 is 20.1 Å². The van der Waals surface area contributed by atoms with E-state index in [0.717, 1.165) is 51.4 Å². The maximum Gasteiger partial charge on any atom is 0.0886 e. The molecule has 2 unspecified atom stereocenters. The van der Waals surface area contributed by atoms with Crippen LogP contribution in [0.25, 0.3) is 0 Å². The van der Waals surface area contributed by atoms with Crippen LogP contribution in [0.1, 0.15) is 99.8 Å². The van der Waals surface area contributed by atoms with Crippen LogP contribution >= 0.6 is 0 Å². The van der Waals surface area contributed by atoms with Gasteiger partial charge in [-0.15, -0.1) is 0 Å². The predicted octanol–water partition coefficient (Wildman–Crippen LogP) is 5.74. The Labute approximate surface area is 213 Å². The Morgan fingerprint density at radius 1 is 0.886 bits per heavy atom. The molecular weight excluding hydrogens is 436 g/mol. The molecule has 0 aromatic rings. The Balaban J connectivity index is 1.57. The lowest BCUT2D eigenvalue weighted by molar-refractivity contribution is -0.228. The van der Waals surface area contributed by atoms with Crippen LogP contribution in [0.15, 0.2) is 11.6 Å². The van der Waals surface area contributed by atoms with E-state index in [1.54, 1.807) is 12.7 Å². The van der Waals surface area contributed by atoms with Gasteiger partial charge in [-0.2, -0.15) is 0 Å². The van der Waals surface area contributed by atoms with Crippen LogP contribution in [0.2, 0.25) is 0 Å². The van der Waals surface area contributed by atoms with Crippen molar-refractivity contribution in [2.24, 2.45) is 50.2 Å². The van der Waals surface area contributed by atoms with E-state index >= 15 is 0 Å². The van der Waals surface area contributed by atoms with Gasteiger partial charge in [-0.05, 0) is 90.8 Å². The zero-order valence-corrected chi connectivity index (χ0v) is 23.7. The number of hydrogen-bond acceptors (Lipinski definition) is 4. The maximum absolute atomic E-state index is 11.6. The summed E-state index contributed by atoms with van der Waals surface area (Å²) in [6, 6.07) is 0. The first-order valence-electron chi connectivity index (χ1n) is 14.4. The molecule has 5 rings (SSSR count). The number of rotatable bonds is 2. The van der Waals surface area contributed by atoms with Gasteiger partial charge in [0.2, 0.25) is 0 Å². The summed E-state index contributed by atoms with van der Waals surface area (Å²) < 4.78 is 5.90. The molecule has 4 saturated carbocycles. The average Bonchev–Trinajstić information content (AvgIpc) is 2.79. The Morgan fingerprint density at radius 2 is 1.57 bits per heavy atom. The van der Waals surface area contributed by atoms with Gasteiger partial charge in [-0.3, -0.25) is 0 Å². The van der Waals surface area contributed by atoms with Gasteiger partial charge in [0, 0.05) is 17.9 Å². The maximum atomic E-state index is 11.6. The third-order valence-corrected chi connectivity index (χ3v) is 13.7. The summed E-state index contributed by atoms with van der Waals surface area (Å²) in [5.41, 5.74) is 1.44. The normalized spacial score (nSPS) is 57.3. The molecule has 4 heteroatoms. The van der Waals surface area contributed by atoms with Crippen LogP contribution < -0.4 is 0 Å². The van der Waals surface area contributed by atoms with E-state index in [4.69, 9.17) is 4.74 Å². The summed E-state index contributed by atoms with van der Waals surface area (Å²) in [6.45, 7) is 16.7. The van der Waals surface area contributed by atoms with Crippen LogP contribution in [0.5, 0.6) is 0 Å². The standard InChI is InChI=1S/C31H52O4/c1-26(2)17-20-19-9-10-22-28(4)13-12-23(33)29(5,18-32)21(28)11-14-31(22,7)30(19,6)16-15-27(20,3)24(34)25(26)35-8/h9,20-25,32-34H,10-18H2,1-8H3/t20-,21?,22?,23-,24+,25-,27+,28-,29+,30+,31+/m0/s1. The van der Waals surface area contributed by atoms with Gasteiger partial charge in [0.25, 0.3) is 0 Å². The molecule has 11 atom stereocenters. The largest absolute Gasteiger partial charge is 0.396 e. The van der Waals surface area contributed by atoms with E-state index in [1.165, 1.54) is 0 Å². The van der Waals surface area contributed by atoms with E-state index < -0.39 is 17.6 Å². The quantitative estimate of drug-likeness (QED) is 0.434. The Morgan fingerprint density at radius 3 is 2.20 bits per heavy atom. The Bertz CT molecular complexity index is 896. The SMILES string of the molecule is CO[C@H]1[C@@H](O)[C@]2(C)CC[C@]3(C)C(=CCC4[C@@]5(C)CC[C@H](O)[C@](C)(CO)C5CC[C@]43C)[C@@H]2CC1(C)C. The zero-order chi connectivity index (χ0) is 25.8. The van der Waals surface area contributed by atoms with E-state index in [9.17, 15) is 15.3 Å². The minimum Gasteiger partial charge on any atom is -0.396 e. The highest BCUT2D eigenvalue weighted by Crippen LogP contribution is 2.75. The number of hydrogen-bond donors (Lipinski definition) is 3. The molecule has 0 bridgehead atoms. The van der Waals surface area contributed by atoms with Crippen LogP contribution in [0, 0.1) is 50.2 Å². The number of fused-ring (bicyclic) bond motifs is 7. The van der Waals surface area contributed by atoms with Crippen molar-refractivity contribution >= 4 is 0 Å². The van der Waals surface area contributed by atoms with Gasteiger partial charge in [0.05, 0.1) is 24.9 Å². The first-order valence-corrected chi connectivity index (χ1v) is 14.4. The summed E-state index contributed by atoms with van der Waals surface area (Å²) >= 11 is 0. The smallest absolute Gasteiger partial charge is 0.0886 e. The Kier molecular flexibility index (Phi) is 5.84. The third kappa shape index (κ3) is 3.06.